The predicted molar refractivity (Wildman–Crippen MR) is 73.2 cm³/mol. The van der Waals surface area contributed by atoms with Crippen molar-refractivity contribution < 1.29 is 9.84 Å². The van der Waals surface area contributed by atoms with Crippen molar-refractivity contribution in [3.05, 3.63) is 0 Å². The Labute approximate surface area is 107 Å². The Hall–Kier alpha value is -0.120. The average Bonchev–Trinajstić information content (AvgIpc) is 2.23. The molecule has 0 aromatic carbocycles. The minimum absolute atomic E-state index is 0.234. The number of nitrogens with one attached hydrogen (secondary N) is 1. The Morgan fingerprint density at radius 1 is 1.18 bits per heavy atom. The topological polar surface area (TPSA) is 41.5 Å². The number of aliphatic hydroxyl groups excluding tert-OH is 1. The molecule has 104 valence electrons. The van der Waals surface area contributed by atoms with Crippen LogP contribution in [0, 0.1) is 5.92 Å². The molecule has 0 saturated carbocycles. The summed E-state index contributed by atoms with van der Waals surface area (Å²) in [6.07, 6.45) is 3.21. The summed E-state index contributed by atoms with van der Waals surface area (Å²) < 4.78 is 5.62. The van der Waals surface area contributed by atoms with Crippen LogP contribution in [-0.2, 0) is 4.74 Å². The van der Waals surface area contributed by atoms with Crippen LogP contribution in [0.1, 0.15) is 53.9 Å². The van der Waals surface area contributed by atoms with Gasteiger partial charge < -0.3 is 15.2 Å². The van der Waals surface area contributed by atoms with Gasteiger partial charge in [-0.25, -0.2) is 0 Å². The Balaban J connectivity index is 3.55. The molecule has 17 heavy (non-hydrogen) atoms. The van der Waals surface area contributed by atoms with E-state index in [0.717, 1.165) is 12.8 Å². The van der Waals surface area contributed by atoms with Crippen LogP contribution in [0.15, 0.2) is 0 Å². The van der Waals surface area contributed by atoms with E-state index in [-0.39, 0.29) is 6.10 Å². The summed E-state index contributed by atoms with van der Waals surface area (Å²) >= 11 is 0. The van der Waals surface area contributed by atoms with Gasteiger partial charge in [-0.1, -0.05) is 27.2 Å². The zero-order chi connectivity index (χ0) is 13.3. The van der Waals surface area contributed by atoms with Gasteiger partial charge in [-0.2, -0.15) is 0 Å². The van der Waals surface area contributed by atoms with Crippen LogP contribution >= 0.6 is 0 Å². The fourth-order valence-corrected chi connectivity index (χ4v) is 1.94. The van der Waals surface area contributed by atoms with Gasteiger partial charge in [0.25, 0.3) is 0 Å². The largest absolute Gasteiger partial charge is 0.389 e. The molecule has 0 aromatic rings. The molecule has 0 radical (unpaired) electrons. The van der Waals surface area contributed by atoms with Gasteiger partial charge in [0.05, 0.1) is 18.8 Å². The Bertz CT molecular complexity index is 174. The van der Waals surface area contributed by atoms with E-state index in [9.17, 15) is 5.11 Å². The third kappa shape index (κ3) is 10.7. The Morgan fingerprint density at radius 2 is 1.82 bits per heavy atom. The second kappa shape index (κ2) is 9.86. The van der Waals surface area contributed by atoms with Gasteiger partial charge in [0.2, 0.25) is 0 Å². The molecule has 0 aliphatic heterocycles. The summed E-state index contributed by atoms with van der Waals surface area (Å²) in [6.45, 7) is 11.8. The summed E-state index contributed by atoms with van der Waals surface area (Å²) in [5, 5.41) is 13.1. The minimum atomic E-state index is -0.399. The first-order chi connectivity index (χ1) is 7.95. The lowest BCUT2D eigenvalue weighted by molar-refractivity contribution is -0.00918. The number of hydrogen-bond donors (Lipinski definition) is 2. The molecule has 0 heterocycles. The normalized spacial score (nSPS) is 17.1. The van der Waals surface area contributed by atoms with Gasteiger partial charge in [0.1, 0.15) is 0 Å². The molecule has 0 aromatic heterocycles. The highest BCUT2D eigenvalue weighted by molar-refractivity contribution is 4.65. The fraction of sp³-hybridized carbons (Fsp3) is 1.00. The SMILES string of the molecule is CCCC(C)NCC(O)COC(C)CC(C)C. The van der Waals surface area contributed by atoms with E-state index in [0.29, 0.717) is 25.1 Å². The van der Waals surface area contributed by atoms with Gasteiger partial charge in [-0.05, 0) is 32.6 Å². The molecular formula is C14H31NO2. The van der Waals surface area contributed by atoms with E-state index >= 15 is 0 Å². The van der Waals surface area contributed by atoms with Crippen molar-refractivity contribution in [2.75, 3.05) is 13.2 Å². The molecule has 0 aliphatic rings. The van der Waals surface area contributed by atoms with Crippen LogP contribution in [0.5, 0.6) is 0 Å². The maximum absolute atomic E-state index is 9.76. The monoisotopic (exact) mass is 245 g/mol. The van der Waals surface area contributed by atoms with E-state index in [1.165, 1.54) is 6.42 Å². The van der Waals surface area contributed by atoms with Crippen molar-refractivity contribution in [1.82, 2.24) is 5.32 Å². The van der Waals surface area contributed by atoms with Crippen molar-refractivity contribution >= 4 is 0 Å². The summed E-state index contributed by atoms with van der Waals surface area (Å²) in [4.78, 5) is 0. The molecule has 0 bridgehead atoms. The van der Waals surface area contributed by atoms with Gasteiger partial charge in [0, 0.05) is 12.6 Å². The molecule has 3 heteroatoms. The lowest BCUT2D eigenvalue weighted by Crippen LogP contribution is -2.36. The predicted octanol–water partition coefficient (Wildman–Crippen LogP) is 2.58. The van der Waals surface area contributed by atoms with E-state index in [1.54, 1.807) is 0 Å². The zero-order valence-corrected chi connectivity index (χ0v) is 12.2. The molecule has 0 fully saturated rings. The molecule has 0 spiro atoms. The molecular weight excluding hydrogens is 214 g/mol. The van der Waals surface area contributed by atoms with Crippen LogP contribution in [0.3, 0.4) is 0 Å². The summed E-state index contributed by atoms with van der Waals surface area (Å²) in [5.74, 6) is 0.643. The summed E-state index contributed by atoms with van der Waals surface area (Å²) in [5.41, 5.74) is 0. The van der Waals surface area contributed by atoms with Gasteiger partial charge in [0.15, 0.2) is 0 Å². The fourth-order valence-electron chi connectivity index (χ4n) is 1.94. The molecule has 0 rings (SSSR count). The lowest BCUT2D eigenvalue weighted by Gasteiger charge is -2.20. The van der Waals surface area contributed by atoms with Gasteiger partial charge >= 0.3 is 0 Å². The number of hydrogen-bond acceptors (Lipinski definition) is 3. The molecule has 2 N–H and O–H groups in total. The van der Waals surface area contributed by atoms with E-state index in [2.05, 4.69) is 39.9 Å². The van der Waals surface area contributed by atoms with Crippen molar-refractivity contribution in [3.63, 3.8) is 0 Å². The second-order valence-electron chi connectivity index (χ2n) is 5.53. The molecule has 0 aliphatic carbocycles. The number of aliphatic hydroxyl groups is 1. The average molecular weight is 245 g/mol. The maximum Gasteiger partial charge on any atom is 0.0897 e. The van der Waals surface area contributed by atoms with Crippen LogP contribution < -0.4 is 5.32 Å². The molecule has 0 amide bonds. The molecule has 3 nitrogen and oxygen atoms in total. The molecule has 3 atom stereocenters. The maximum atomic E-state index is 9.76. The Morgan fingerprint density at radius 3 is 2.35 bits per heavy atom. The standard InChI is InChI=1S/C14H31NO2/c1-6-7-12(4)15-9-14(16)10-17-13(5)8-11(2)3/h11-16H,6-10H2,1-5H3. The van der Waals surface area contributed by atoms with E-state index < -0.39 is 6.10 Å². The van der Waals surface area contributed by atoms with Crippen LogP contribution in [0.25, 0.3) is 0 Å². The zero-order valence-electron chi connectivity index (χ0n) is 12.2. The van der Waals surface area contributed by atoms with E-state index in [4.69, 9.17) is 4.74 Å². The van der Waals surface area contributed by atoms with Crippen molar-refractivity contribution in [1.29, 1.82) is 0 Å². The van der Waals surface area contributed by atoms with Crippen molar-refractivity contribution in [3.8, 4) is 0 Å². The first kappa shape index (κ1) is 16.9. The van der Waals surface area contributed by atoms with Crippen LogP contribution in [0.4, 0.5) is 0 Å². The Kier molecular flexibility index (Phi) is 9.79. The molecule has 3 unspecified atom stereocenters. The highest BCUT2D eigenvalue weighted by Gasteiger charge is 2.10. The highest BCUT2D eigenvalue weighted by atomic mass is 16.5. The molecule has 0 saturated heterocycles. The van der Waals surface area contributed by atoms with Gasteiger partial charge in [-0.3, -0.25) is 0 Å². The van der Waals surface area contributed by atoms with Crippen molar-refractivity contribution in [2.24, 2.45) is 5.92 Å². The van der Waals surface area contributed by atoms with Crippen LogP contribution in [0.2, 0.25) is 0 Å². The van der Waals surface area contributed by atoms with E-state index in [1.807, 2.05) is 0 Å². The summed E-state index contributed by atoms with van der Waals surface area (Å²) in [7, 11) is 0. The first-order valence-electron chi connectivity index (χ1n) is 6.98. The second-order valence-corrected chi connectivity index (χ2v) is 5.53. The smallest absolute Gasteiger partial charge is 0.0897 e. The highest BCUT2D eigenvalue weighted by Crippen LogP contribution is 2.07. The van der Waals surface area contributed by atoms with Crippen molar-refractivity contribution in [2.45, 2.75) is 72.1 Å². The quantitative estimate of drug-likeness (QED) is 0.621. The minimum Gasteiger partial charge on any atom is -0.389 e. The number of rotatable bonds is 10. The third-order valence-electron chi connectivity index (χ3n) is 2.80. The number of ether oxygens (including phenoxy) is 1. The lowest BCUT2D eigenvalue weighted by atomic mass is 10.1. The van der Waals surface area contributed by atoms with Crippen LogP contribution in [-0.4, -0.2) is 36.5 Å². The first-order valence-corrected chi connectivity index (χ1v) is 6.98. The third-order valence-corrected chi connectivity index (χ3v) is 2.80. The van der Waals surface area contributed by atoms with Gasteiger partial charge in [-0.15, -0.1) is 0 Å². The summed E-state index contributed by atoms with van der Waals surface area (Å²) in [6, 6.07) is 0.475.